The van der Waals surface area contributed by atoms with E-state index >= 15 is 0 Å². The van der Waals surface area contributed by atoms with E-state index in [1.807, 2.05) is 23.9 Å². The highest BCUT2D eigenvalue weighted by atomic mass is 35.5. The number of thioether (sulfide) groups is 1. The summed E-state index contributed by atoms with van der Waals surface area (Å²) in [6.07, 6.45) is 3.99. The number of nitrogens with one attached hydrogen (secondary N) is 1. The van der Waals surface area contributed by atoms with Gasteiger partial charge in [0.05, 0.1) is 5.02 Å². The van der Waals surface area contributed by atoms with Crippen molar-refractivity contribution >= 4 is 23.4 Å². The van der Waals surface area contributed by atoms with Crippen LogP contribution in [-0.2, 0) is 0 Å². The number of hydrogen-bond donors (Lipinski definition) is 1. The van der Waals surface area contributed by atoms with Crippen LogP contribution in [0, 0.1) is 5.92 Å². The summed E-state index contributed by atoms with van der Waals surface area (Å²) in [6, 6.07) is 8.11. The van der Waals surface area contributed by atoms with Crippen LogP contribution >= 0.6 is 23.4 Å². The first-order valence-electron chi connectivity index (χ1n) is 5.94. The predicted octanol–water partition coefficient (Wildman–Crippen LogP) is 3.82. The first kappa shape index (κ1) is 12.3. The Morgan fingerprint density at radius 3 is 2.75 bits per heavy atom. The summed E-state index contributed by atoms with van der Waals surface area (Å²) in [7, 11) is 0. The van der Waals surface area contributed by atoms with Gasteiger partial charge in [-0.15, -0.1) is 11.8 Å². The van der Waals surface area contributed by atoms with Crippen molar-refractivity contribution in [2.45, 2.75) is 24.2 Å². The number of halogens is 1. The lowest BCUT2D eigenvalue weighted by Crippen LogP contribution is -2.27. The quantitative estimate of drug-likeness (QED) is 0.821. The molecule has 1 nitrogen and oxygen atoms in total. The fourth-order valence-electron chi connectivity index (χ4n) is 2.07. The maximum absolute atomic E-state index is 6.11. The van der Waals surface area contributed by atoms with Crippen molar-refractivity contribution in [2.24, 2.45) is 5.92 Å². The molecule has 0 unspecified atom stereocenters. The molecule has 0 atom stereocenters. The fourth-order valence-corrected chi connectivity index (χ4v) is 3.42. The molecule has 1 heterocycles. The van der Waals surface area contributed by atoms with Gasteiger partial charge in [-0.25, -0.2) is 0 Å². The molecule has 0 spiro atoms. The lowest BCUT2D eigenvalue weighted by atomic mass is 9.96. The molecule has 1 aromatic carbocycles. The van der Waals surface area contributed by atoms with E-state index in [0.29, 0.717) is 0 Å². The molecule has 1 N–H and O–H groups in total. The molecule has 1 aromatic rings. The summed E-state index contributed by atoms with van der Waals surface area (Å²) in [5.74, 6) is 2.10. The Kier molecular flexibility index (Phi) is 5.01. The van der Waals surface area contributed by atoms with Crippen LogP contribution in [0.5, 0.6) is 0 Å². The molecule has 0 aliphatic carbocycles. The Labute approximate surface area is 107 Å². The number of piperidine rings is 1. The molecular formula is C13H18ClNS. The van der Waals surface area contributed by atoms with Crippen LogP contribution in [0.2, 0.25) is 5.02 Å². The molecule has 0 radical (unpaired) electrons. The van der Waals surface area contributed by atoms with E-state index in [1.54, 1.807) is 0 Å². The highest BCUT2D eigenvalue weighted by Gasteiger charge is 2.12. The van der Waals surface area contributed by atoms with E-state index in [9.17, 15) is 0 Å². The van der Waals surface area contributed by atoms with Crippen molar-refractivity contribution in [2.75, 3.05) is 18.8 Å². The van der Waals surface area contributed by atoms with Gasteiger partial charge in [-0.3, -0.25) is 0 Å². The molecule has 16 heavy (non-hydrogen) atoms. The number of benzene rings is 1. The summed E-state index contributed by atoms with van der Waals surface area (Å²) < 4.78 is 0. The zero-order chi connectivity index (χ0) is 11.2. The van der Waals surface area contributed by atoms with Crippen LogP contribution in [0.3, 0.4) is 0 Å². The SMILES string of the molecule is Clc1ccccc1SCCC1CCNCC1. The monoisotopic (exact) mass is 255 g/mol. The smallest absolute Gasteiger partial charge is 0.0541 e. The molecule has 88 valence electrons. The Morgan fingerprint density at radius 2 is 2.00 bits per heavy atom. The van der Waals surface area contributed by atoms with E-state index in [1.165, 1.54) is 43.0 Å². The lowest BCUT2D eigenvalue weighted by Gasteiger charge is -2.22. The van der Waals surface area contributed by atoms with Gasteiger partial charge in [0.15, 0.2) is 0 Å². The van der Waals surface area contributed by atoms with Crippen LogP contribution in [0.1, 0.15) is 19.3 Å². The highest BCUT2D eigenvalue weighted by molar-refractivity contribution is 7.99. The van der Waals surface area contributed by atoms with Crippen molar-refractivity contribution in [1.29, 1.82) is 0 Å². The number of hydrogen-bond acceptors (Lipinski definition) is 2. The second kappa shape index (κ2) is 6.53. The first-order chi connectivity index (χ1) is 7.86. The van der Waals surface area contributed by atoms with Crippen LogP contribution in [0.25, 0.3) is 0 Å². The van der Waals surface area contributed by atoms with Gasteiger partial charge in [-0.1, -0.05) is 23.7 Å². The predicted molar refractivity (Wildman–Crippen MR) is 72.4 cm³/mol. The average Bonchev–Trinajstić information content (AvgIpc) is 2.33. The second-order valence-corrected chi connectivity index (χ2v) is 5.80. The highest BCUT2D eigenvalue weighted by Crippen LogP contribution is 2.29. The molecule has 1 saturated heterocycles. The van der Waals surface area contributed by atoms with E-state index in [2.05, 4.69) is 17.4 Å². The zero-order valence-electron chi connectivity index (χ0n) is 9.42. The van der Waals surface area contributed by atoms with Gasteiger partial charge in [0, 0.05) is 4.90 Å². The summed E-state index contributed by atoms with van der Waals surface area (Å²) in [5.41, 5.74) is 0. The zero-order valence-corrected chi connectivity index (χ0v) is 11.0. The molecule has 0 amide bonds. The van der Waals surface area contributed by atoms with E-state index in [-0.39, 0.29) is 0 Å². The minimum Gasteiger partial charge on any atom is -0.317 e. The summed E-state index contributed by atoms with van der Waals surface area (Å²) >= 11 is 8.00. The minimum atomic E-state index is 0.887. The van der Waals surface area contributed by atoms with Crippen molar-refractivity contribution in [1.82, 2.24) is 5.32 Å². The van der Waals surface area contributed by atoms with Crippen LogP contribution in [-0.4, -0.2) is 18.8 Å². The van der Waals surface area contributed by atoms with E-state index in [0.717, 1.165) is 10.9 Å². The fraction of sp³-hybridized carbons (Fsp3) is 0.538. The standard InChI is InChI=1S/C13H18ClNS/c14-12-3-1-2-4-13(12)16-10-7-11-5-8-15-9-6-11/h1-4,11,15H,5-10H2. The van der Waals surface area contributed by atoms with Gasteiger partial charge in [-0.2, -0.15) is 0 Å². The second-order valence-electron chi connectivity index (χ2n) is 4.26. The van der Waals surface area contributed by atoms with Gasteiger partial charge in [0.2, 0.25) is 0 Å². The third-order valence-electron chi connectivity index (χ3n) is 3.08. The maximum atomic E-state index is 6.11. The van der Waals surface area contributed by atoms with Crippen molar-refractivity contribution in [3.63, 3.8) is 0 Å². The molecule has 2 rings (SSSR count). The Balaban J connectivity index is 1.73. The molecule has 1 fully saturated rings. The van der Waals surface area contributed by atoms with Gasteiger partial charge < -0.3 is 5.32 Å². The maximum Gasteiger partial charge on any atom is 0.0541 e. The molecule has 0 bridgehead atoms. The molecule has 0 saturated carbocycles. The van der Waals surface area contributed by atoms with Crippen LogP contribution in [0.4, 0.5) is 0 Å². The molecule has 1 aliphatic rings. The molecule has 0 aromatic heterocycles. The van der Waals surface area contributed by atoms with E-state index in [4.69, 9.17) is 11.6 Å². The summed E-state index contributed by atoms with van der Waals surface area (Å²) in [5, 5.41) is 4.29. The van der Waals surface area contributed by atoms with Crippen molar-refractivity contribution in [3.05, 3.63) is 29.3 Å². The Morgan fingerprint density at radius 1 is 1.25 bits per heavy atom. The summed E-state index contributed by atoms with van der Waals surface area (Å²) in [4.78, 5) is 1.22. The van der Waals surface area contributed by atoms with Gasteiger partial charge in [0.25, 0.3) is 0 Å². The van der Waals surface area contributed by atoms with Crippen molar-refractivity contribution in [3.8, 4) is 0 Å². The number of rotatable bonds is 4. The van der Waals surface area contributed by atoms with Crippen LogP contribution < -0.4 is 5.32 Å². The molecule has 3 heteroatoms. The molecule has 1 aliphatic heterocycles. The summed E-state index contributed by atoms with van der Waals surface area (Å²) in [6.45, 7) is 2.39. The largest absolute Gasteiger partial charge is 0.317 e. The Bertz CT molecular complexity index is 323. The normalized spacial score (nSPS) is 17.6. The minimum absolute atomic E-state index is 0.887. The third kappa shape index (κ3) is 3.69. The third-order valence-corrected chi connectivity index (χ3v) is 4.63. The van der Waals surface area contributed by atoms with Gasteiger partial charge in [-0.05, 0) is 56.2 Å². The van der Waals surface area contributed by atoms with Crippen molar-refractivity contribution < 1.29 is 0 Å². The first-order valence-corrected chi connectivity index (χ1v) is 7.30. The average molecular weight is 256 g/mol. The van der Waals surface area contributed by atoms with Gasteiger partial charge >= 0.3 is 0 Å². The Hall–Kier alpha value is -0.180. The molecular weight excluding hydrogens is 238 g/mol. The van der Waals surface area contributed by atoms with Crippen LogP contribution in [0.15, 0.2) is 29.2 Å². The van der Waals surface area contributed by atoms with Gasteiger partial charge in [0.1, 0.15) is 0 Å². The van der Waals surface area contributed by atoms with E-state index < -0.39 is 0 Å². The lowest BCUT2D eigenvalue weighted by molar-refractivity contribution is 0.367. The topological polar surface area (TPSA) is 12.0 Å².